The largest absolute Gasteiger partial charge is 0.329 e. The molecule has 0 fully saturated rings. The van der Waals surface area contributed by atoms with Crippen LogP contribution in [0.3, 0.4) is 0 Å². The summed E-state index contributed by atoms with van der Waals surface area (Å²) in [4.78, 5) is 3.48. The fourth-order valence-corrected chi connectivity index (χ4v) is 2.08. The molecule has 2 N–H and O–H groups in total. The zero-order chi connectivity index (χ0) is 10.4. The van der Waals surface area contributed by atoms with Gasteiger partial charge in [0.1, 0.15) is 0 Å². The van der Waals surface area contributed by atoms with Gasteiger partial charge in [0, 0.05) is 19.6 Å². The Labute approximate surface area is 89.3 Å². The molecule has 1 rings (SSSR count). The van der Waals surface area contributed by atoms with Gasteiger partial charge >= 0.3 is 0 Å². The van der Waals surface area contributed by atoms with E-state index >= 15 is 0 Å². The van der Waals surface area contributed by atoms with Crippen LogP contribution in [0, 0.1) is 0 Å². The number of likely N-dealkylation sites (N-methyl/N-ethyl adjacent to an activating group) is 1. The number of hydrogen-bond donors (Lipinski definition) is 1. The van der Waals surface area contributed by atoms with Crippen LogP contribution in [-0.2, 0) is 13.0 Å². The van der Waals surface area contributed by atoms with Crippen molar-refractivity contribution in [1.29, 1.82) is 0 Å². The van der Waals surface area contributed by atoms with Gasteiger partial charge in [-0.15, -0.1) is 5.10 Å². The third-order valence-corrected chi connectivity index (χ3v) is 2.79. The maximum Gasteiger partial charge on any atom is 0.0800 e. The van der Waals surface area contributed by atoms with Crippen LogP contribution >= 0.6 is 11.5 Å². The van der Waals surface area contributed by atoms with Gasteiger partial charge in [0.15, 0.2) is 0 Å². The Bertz CT molecular complexity index is 261. The molecule has 14 heavy (non-hydrogen) atoms. The molecule has 4 nitrogen and oxygen atoms in total. The van der Waals surface area contributed by atoms with Gasteiger partial charge in [-0.1, -0.05) is 17.8 Å². The summed E-state index contributed by atoms with van der Waals surface area (Å²) < 4.78 is 3.99. The summed E-state index contributed by atoms with van der Waals surface area (Å²) in [6, 6.07) is 0. The normalized spacial score (nSPS) is 11.1. The van der Waals surface area contributed by atoms with Crippen LogP contribution < -0.4 is 5.73 Å². The third-order valence-electron chi connectivity index (χ3n) is 2.05. The van der Waals surface area contributed by atoms with Crippen molar-refractivity contribution in [1.82, 2.24) is 14.5 Å². The monoisotopic (exact) mass is 214 g/mol. The van der Waals surface area contributed by atoms with Crippen molar-refractivity contribution in [3.63, 3.8) is 0 Å². The van der Waals surface area contributed by atoms with E-state index in [0.717, 1.165) is 31.6 Å². The van der Waals surface area contributed by atoms with Gasteiger partial charge in [0.2, 0.25) is 0 Å². The predicted octanol–water partition coefficient (Wildman–Crippen LogP) is 0.881. The Morgan fingerprint density at radius 1 is 1.50 bits per heavy atom. The van der Waals surface area contributed by atoms with Crippen molar-refractivity contribution in [2.45, 2.75) is 26.3 Å². The molecule has 0 atom stereocenters. The molecule has 1 heterocycles. The summed E-state index contributed by atoms with van der Waals surface area (Å²) >= 11 is 1.50. The van der Waals surface area contributed by atoms with Gasteiger partial charge in [0.05, 0.1) is 10.6 Å². The standard InChI is InChI=1S/C9H18N4S/c1-3-4-8-9(14-12-11-8)7-13(2)6-5-10/h3-7,10H2,1-2H3. The lowest BCUT2D eigenvalue weighted by molar-refractivity contribution is 0.338. The fourth-order valence-electron chi connectivity index (χ4n) is 1.32. The van der Waals surface area contributed by atoms with Crippen LogP contribution in [0.4, 0.5) is 0 Å². The van der Waals surface area contributed by atoms with Gasteiger partial charge in [-0.25, -0.2) is 0 Å². The topological polar surface area (TPSA) is 55.0 Å². The molecular weight excluding hydrogens is 196 g/mol. The molecule has 0 aliphatic rings. The summed E-state index contributed by atoms with van der Waals surface area (Å²) in [5.41, 5.74) is 6.64. The van der Waals surface area contributed by atoms with Crippen LogP contribution in [0.15, 0.2) is 0 Å². The first-order valence-electron chi connectivity index (χ1n) is 4.96. The van der Waals surface area contributed by atoms with E-state index < -0.39 is 0 Å². The van der Waals surface area contributed by atoms with Crippen molar-refractivity contribution in [3.8, 4) is 0 Å². The van der Waals surface area contributed by atoms with Crippen LogP contribution in [0.5, 0.6) is 0 Å². The number of aromatic nitrogens is 2. The maximum absolute atomic E-state index is 5.49. The molecular formula is C9H18N4S. The molecule has 0 aliphatic carbocycles. The Morgan fingerprint density at radius 3 is 2.93 bits per heavy atom. The second-order valence-electron chi connectivity index (χ2n) is 3.42. The minimum absolute atomic E-state index is 0.700. The first-order valence-corrected chi connectivity index (χ1v) is 5.74. The SMILES string of the molecule is CCCc1nnsc1CN(C)CCN. The lowest BCUT2D eigenvalue weighted by Crippen LogP contribution is -2.25. The molecule has 0 aliphatic heterocycles. The second-order valence-corrected chi connectivity index (χ2v) is 4.26. The summed E-state index contributed by atoms with van der Waals surface area (Å²) in [7, 11) is 2.07. The molecule has 0 spiro atoms. The maximum atomic E-state index is 5.49. The summed E-state index contributed by atoms with van der Waals surface area (Å²) in [6.07, 6.45) is 2.15. The van der Waals surface area contributed by atoms with Crippen LogP contribution in [0.25, 0.3) is 0 Å². The highest BCUT2D eigenvalue weighted by molar-refractivity contribution is 7.05. The Balaban J connectivity index is 2.52. The molecule has 0 bridgehead atoms. The third kappa shape index (κ3) is 3.32. The number of rotatable bonds is 6. The molecule has 0 radical (unpaired) electrons. The number of nitrogens with two attached hydrogens (primary N) is 1. The van der Waals surface area contributed by atoms with E-state index in [-0.39, 0.29) is 0 Å². The van der Waals surface area contributed by atoms with E-state index in [2.05, 4.69) is 28.5 Å². The molecule has 80 valence electrons. The number of aryl methyl sites for hydroxylation is 1. The van der Waals surface area contributed by atoms with Gasteiger partial charge in [-0.3, -0.25) is 4.90 Å². The average Bonchev–Trinajstić information content (AvgIpc) is 2.54. The Morgan fingerprint density at radius 2 is 2.29 bits per heavy atom. The Hall–Kier alpha value is -0.520. The van der Waals surface area contributed by atoms with Crippen molar-refractivity contribution < 1.29 is 0 Å². The highest BCUT2D eigenvalue weighted by atomic mass is 32.1. The number of nitrogens with zero attached hydrogens (tertiary/aromatic N) is 3. The lowest BCUT2D eigenvalue weighted by atomic mass is 10.2. The van der Waals surface area contributed by atoms with E-state index in [1.54, 1.807) is 0 Å². The zero-order valence-electron chi connectivity index (χ0n) is 8.86. The van der Waals surface area contributed by atoms with Gasteiger partial charge in [-0.2, -0.15) is 0 Å². The van der Waals surface area contributed by atoms with E-state index in [1.807, 2.05) is 0 Å². The summed E-state index contributed by atoms with van der Waals surface area (Å²) in [5, 5.41) is 4.13. The first kappa shape index (κ1) is 11.6. The lowest BCUT2D eigenvalue weighted by Gasteiger charge is -2.13. The molecule has 0 aromatic carbocycles. The molecule has 0 unspecified atom stereocenters. The van der Waals surface area contributed by atoms with Crippen molar-refractivity contribution in [3.05, 3.63) is 10.6 Å². The molecule has 5 heteroatoms. The van der Waals surface area contributed by atoms with Crippen LogP contribution in [0.2, 0.25) is 0 Å². The van der Waals surface area contributed by atoms with E-state index in [1.165, 1.54) is 16.4 Å². The minimum atomic E-state index is 0.700. The molecule has 0 saturated heterocycles. The van der Waals surface area contributed by atoms with Crippen molar-refractivity contribution in [2.24, 2.45) is 5.73 Å². The van der Waals surface area contributed by atoms with E-state index in [0.29, 0.717) is 6.54 Å². The second kappa shape index (κ2) is 6.06. The fraction of sp³-hybridized carbons (Fsp3) is 0.778. The highest BCUT2D eigenvalue weighted by Gasteiger charge is 2.08. The molecule has 0 saturated carbocycles. The van der Waals surface area contributed by atoms with Gasteiger partial charge in [-0.05, 0) is 25.0 Å². The van der Waals surface area contributed by atoms with Gasteiger partial charge in [0.25, 0.3) is 0 Å². The smallest absolute Gasteiger partial charge is 0.0800 e. The quantitative estimate of drug-likeness (QED) is 0.764. The number of hydrogen-bond acceptors (Lipinski definition) is 5. The van der Waals surface area contributed by atoms with E-state index in [9.17, 15) is 0 Å². The minimum Gasteiger partial charge on any atom is -0.329 e. The van der Waals surface area contributed by atoms with Gasteiger partial charge < -0.3 is 5.73 Å². The predicted molar refractivity (Wildman–Crippen MR) is 59.3 cm³/mol. The zero-order valence-corrected chi connectivity index (χ0v) is 9.68. The highest BCUT2D eigenvalue weighted by Crippen LogP contribution is 2.14. The summed E-state index contributed by atoms with van der Waals surface area (Å²) in [5.74, 6) is 0. The summed E-state index contributed by atoms with van der Waals surface area (Å²) in [6.45, 7) is 4.70. The Kier molecular flexibility index (Phi) is 5.00. The molecule has 1 aromatic heterocycles. The van der Waals surface area contributed by atoms with Crippen LogP contribution in [-0.4, -0.2) is 34.6 Å². The van der Waals surface area contributed by atoms with Crippen molar-refractivity contribution >= 4 is 11.5 Å². The average molecular weight is 214 g/mol. The molecule has 0 amide bonds. The van der Waals surface area contributed by atoms with Crippen LogP contribution in [0.1, 0.15) is 23.9 Å². The molecule has 1 aromatic rings. The van der Waals surface area contributed by atoms with Crippen molar-refractivity contribution in [2.75, 3.05) is 20.1 Å². The first-order chi connectivity index (χ1) is 6.77. The van der Waals surface area contributed by atoms with E-state index in [4.69, 9.17) is 5.73 Å².